The monoisotopic (exact) mass is 470 g/mol. The molecule has 0 aliphatic carbocycles. The maximum atomic E-state index is 13.0. The number of hydrogen-bond acceptors (Lipinski definition) is 4. The Morgan fingerprint density at radius 3 is 2.43 bits per heavy atom. The smallest absolute Gasteiger partial charge is 0.324 e. The predicted octanol–water partition coefficient (Wildman–Crippen LogP) is 3.29. The number of rotatable bonds is 4. The number of nitrogens with one attached hydrogen (secondary N) is 1. The zero-order valence-corrected chi connectivity index (χ0v) is 19.8. The van der Waals surface area contributed by atoms with Gasteiger partial charge >= 0.3 is 5.69 Å². The van der Waals surface area contributed by atoms with Gasteiger partial charge in [-0.3, -0.25) is 23.4 Å². The Morgan fingerprint density at radius 1 is 1.09 bits per heavy atom. The summed E-state index contributed by atoms with van der Waals surface area (Å²) in [4.78, 5) is 38.5. The number of aliphatic imine (C=N–C) groups is 1. The van der Waals surface area contributed by atoms with E-state index >= 15 is 0 Å². The largest absolute Gasteiger partial charge is 0.329 e. The Bertz CT molecular complexity index is 1510. The number of aryl methyl sites for hydroxylation is 2. The van der Waals surface area contributed by atoms with Gasteiger partial charge in [-0.2, -0.15) is 5.10 Å². The lowest BCUT2D eigenvalue weighted by Crippen LogP contribution is -2.22. The van der Waals surface area contributed by atoms with Crippen LogP contribution in [0.5, 0.6) is 0 Å². The van der Waals surface area contributed by atoms with Crippen LogP contribution in [0.4, 0.5) is 5.69 Å². The highest BCUT2D eigenvalue weighted by Gasteiger charge is 2.18. The first-order valence-corrected chi connectivity index (χ1v) is 11.1. The summed E-state index contributed by atoms with van der Waals surface area (Å²) < 4.78 is 5.08. The number of aromatic nitrogens is 4. The second-order valence-electron chi connectivity index (χ2n) is 8.13. The minimum absolute atomic E-state index is 0.0532. The van der Waals surface area contributed by atoms with Crippen LogP contribution in [0.25, 0.3) is 22.3 Å². The fourth-order valence-corrected chi connectivity index (χ4v) is 3.97. The highest BCUT2D eigenvalue weighted by Crippen LogP contribution is 2.30. The number of benzene rings is 2. The lowest BCUT2D eigenvalue weighted by molar-refractivity contribution is -0.117. The van der Waals surface area contributed by atoms with Crippen molar-refractivity contribution in [2.45, 2.75) is 19.9 Å². The van der Waals surface area contributed by atoms with Crippen LogP contribution >= 0.6 is 0 Å². The van der Waals surface area contributed by atoms with Gasteiger partial charge in [-0.05, 0) is 29.8 Å². The van der Waals surface area contributed by atoms with Crippen molar-refractivity contribution in [1.82, 2.24) is 18.9 Å². The summed E-state index contributed by atoms with van der Waals surface area (Å²) in [6, 6.07) is 15.6. The number of imidazole rings is 1. The number of nitrogens with zero attached hydrogens (tertiary/aromatic N) is 5. The van der Waals surface area contributed by atoms with Crippen molar-refractivity contribution in [2.24, 2.45) is 19.1 Å². The first kappa shape index (κ1) is 23.6. The molecule has 0 saturated carbocycles. The van der Waals surface area contributed by atoms with E-state index in [9.17, 15) is 14.4 Å². The molecule has 3 heterocycles. The molecule has 5 rings (SSSR count). The molecule has 0 unspecified atom stereocenters. The first-order chi connectivity index (χ1) is 16.8. The lowest BCUT2D eigenvalue weighted by atomic mass is 10.1. The van der Waals surface area contributed by atoms with Crippen LogP contribution in [0.15, 0.2) is 76.7 Å². The normalized spacial score (nSPS) is 12.5. The lowest BCUT2D eigenvalue weighted by Gasteiger charge is -2.11. The predicted molar refractivity (Wildman–Crippen MR) is 136 cm³/mol. The van der Waals surface area contributed by atoms with Gasteiger partial charge in [-0.1, -0.05) is 36.4 Å². The third kappa shape index (κ3) is 5.19. The van der Waals surface area contributed by atoms with E-state index in [1.54, 1.807) is 39.2 Å². The molecule has 2 aromatic heterocycles. The Morgan fingerprint density at radius 2 is 1.86 bits per heavy atom. The van der Waals surface area contributed by atoms with Crippen molar-refractivity contribution in [3.63, 3.8) is 0 Å². The van der Waals surface area contributed by atoms with Crippen molar-refractivity contribution in [3.8, 4) is 11.3 Å². The molecule has 178 valence electrons. The van der Waals surface area contributed by atoms with E-state index in [-0.39, 0.29) is 17.5 Å². The van der Waals surface area contributed by atoms with Crippen molar-refractivity contribution in [2.75, 3.05) is 5.32 Å². The number of anilines is 1. The number of carbonyl (C=O) groups is 2. The van der Waals surface area contributed by atoms with Crippen LogP contribution < -0.4 is 11.0 Å². The highest BCUT2D eigenvalue weighted by molar-refractivity contribution is 6.01. The summed E-state index contributed by atoms with van der Waals surface area (Å²) in [6.45, 7) is 1.91. The van der Waals surface area contributed by atoms with Gasteiger partial charge < -0.3 is 5.32 Å². The van der Waals surface area contributed by atoms with Gasteiger partial charge in [0.1, 0.15) is 0 Å². The maximum Gasteiger partial charge on any atom is 0.329 e. The zero-order chi connectivity index (χ0) is 24.9. The van der Waals surface area contributed by atoms with E-state index in [0.717, 1.165) is 22.3 Å². The minimum Gasteiger partial charge on any atom is -0.324 e. The zero-order valence-electron chi connectivity index (χ0n) is 19.8. The molecular weight excluding hydrogens is 444 g/mol. The quantitative estimate of drug-likeness (QED) is 0.494. The van der Waals surface area contributed by atoms with Crippen LogP contribution in [-0.4, -0.2) is 36.9 Å². The Balaban J connectivity index is 0.000000356. The topological polar surface area (TPSA) is 103 Å². The number of amides is 2. The van der Waals surface area contributed by atoms with Gasteiger partial charge in [0.05, 0.1) is 29.0 Å². The van der Waals surface area contributed by atoms with Crippen molar-refractivity contribution in [3.05, 3.63) is 82.9 Å². The molecule has 9 nitrogen and oxygen atoms in total. The second-order valence-corrected chi connectivity index (χ2v) is 8.13. The third-order valence-electron chi connectivity index (χ3n) is 5.58. The fourth-order valence-electron chi connectivity index (χ4n) is 3.97. The van der Waals surface area contributed by atoms with Crippen molar-refractivity contribution < 1.29 is 9.59 Å². The molecular formula is C26H26N6O3. The van der Waals surface area contributed by atoms with Gasteiger partial charge in [0, 0.05) is 45.4 Å². The summed E-state index contributed by atoms with van der Waals surface area (Å²) >= 11 is 0. The number of dihydropyridines is 1. The van der Waals surface area contributed by atoms with Gasteiger partial charge in [0.25, 0.3) is 0 Å². The van der Waals surface area contributed by atoms with E-state index in [1.165, 1.54) is 13.1 Å². The van der Waals surface area contributed by atoms with Crippen LogP contribution in [0.2, 0.25) is 0 Å². The Labute approximate surface area is 202 Å². The van der Waals surface area contributed by atoms with Crippen LogP contribution in [0.3, 0.4) is 0 Å². The van der Waals surface area contributed by atoms with E-state index in [0.29, 0.717) is 24.2 Å². The summed E-state index contributed by atoms with van der Waals surface area (Å²) in [5.74, 6) is -0.241. The molecule has 1 aliphatic rings. The molecule has 0 fully saturated rings. The van der Waals surface area contributed by atoms with Gasteiger partial charge in [0.15, 0.2) is 0 Å². The first-order valence-electron chi connectivity index (χ1n) is 11.1. The fraction of sp³-hybridized carbons (Fsp3) is 0.192. The molecule has 0 radical (unpaired) electrons. The second kappa shape index (κ2) is 10.2. The third-order valence-corrected chi connectivity index (χ3v) is 5.58. The summed E-state index contributed by atoms with van der Waals surface area (Å²) in [5, 5.41) is 7.11. The minimum atomic E-state index is -0.188. The van der Waals surface area contributed by atoms with Gasteiger partial charge in [-0.25, -0.2) is 9.79 Å². The van der Waals surface area contributed by atoms with Crippen LogP contribution in [-0.2, 0) is 30.2 Å². The van der Waals surface area contributed by atoms with E-state index in [4.69, 9.17) is 0 Å². The highest BCUT2D eigenvalue weighted by atomic mass is 16.2. The van der Waals surface area contributed by atoms with E-state index in [1.807, 2.05) is 55.6 Å². The van der Waals surface area contributed by atoms with Crippen molar-refractivity contribution in [1.29, 1.82) is 0 Å². The summed E-state index contributed by atoms with van der Waals surface area (Å²) in [5.41, 5.74) is 4.74. The molecule has 1 N–H and O–H groups in total. The SMILES string of the molecule is CC(=O)Nc1cc(-c2ccnn2C)cc2c1n(C)c(=O)n2Cc1ccccc1.O=C1CC=CC=N1. The number of fused-ring (bicyclic) bond motifs is 1. The molecule has 4 aromatic rings. The molecule has 2 aromatic carbocycles. The number of allylic oxidation sites excluding steroid dienone is 1. The molecule has 0 bridgehead atoms. The van der Waals surface area contributed by atoms with Gasteiger partial charge in [-0.15, -0.1) is 0 Å². The molecule has 0 spiro atoms. The number of hydrogen-bond donors (Lipinski definition) is 1. The van der Waals surface area contributed by atoms with Crippen molar-refractivity contribution >= 4 is 34.7 Å². The molecule has 2 amide bonds. The molecule has 35 heavy (non-hydrogen) atoms. The average Bonchev–Trinajstić information content (AvgIpc) is 3.37. The molecule has 1 aliphatic heterocycles. The summed E-state index contributed by atoms with van der Waals surface area (Å²) in [6.07, 6.45) is 7.25. The van der Waals surface area contributed by atoms with E-state index < -0.39 is 0 Å². The van der Waals surface area contributed by atoms with E-state index in [2.05, 4.69) is 15.4 Å². The Kier molecular flexibility index (Phi) is 6.86. The summed E-state index contributed by atoms with van der Waals surface area (Å²) in [7, 11) is 3.58. The Hall–Kier alpha value is -4.53. The molecule has 9 heteroatoms. The van der Waals surface area contributed by atoms with Crippen LogP contribution in [0.1, 0.15) is 18.9 Å². The number of carbonyl (C=O) groups excluding carboxylic acids is 2. The molecule has 0 saturated heterocycles. The average molecular weight is 471 g/mol. The van der Waals surface area contributed by atoms with Gasteiger partial charge in [0.2, 0.25) is 11.8 Å². The maximum absolute atomic E-state index is 13.0. The van der Waals surface area contributed by atoms with Crippen LogP contribution in [0, 0.1) is 0 Å². The standard InChI is InChI=1S/C21H21N5O2.C5H5NO/c1-14(27)23-17-11-16(18-9-10-22-25(18)3)12-19-20(17)24(2)21(28)26(19)13-15-7-5-4-6-8-15;7-5-3-1-2-4-6-5/h4-12H,13H2,1-3H3,(H,23,27);1-2,4H,3H2. The molecule has 0 atom stereocenters.